The Balaban J connectivity index is 2.06. The first-order chi connectivity index (χ1) is 13.2. The number of fused-ring (bicyclic) bond motifs is 1. The van der Waals surface area contributed by atoms with Crippen LogP contribution in [0.1, 0.15) is 46.5 Å². The number of ether oxygens (including phenoxy) is 1. The zero-order valence-electron chi connectivity index (χ0n) is 16.8. The molecular formula is C21H25FN4O2. The van der Waals surface area contributed by atoms with E-state index in [0.717, 1.165) is 0 Å². The number of imidazole rings is 1. The van der Waals surface area contributed by atoms with Gasteiger partial charge in [0.05, 0.1) is 28.8 Å². The third-order valence-electron chi connectivity index (χ3n) is 4.10. The van der Waals surface area contributed by atoms with E-state index in [4.69, 9.17) is 4.74 Å². The lowest BCUT2D eigenvalue weighted by Crippen LogP contribution is -2.32. The first kappa shape index (κ1) is 19.8. The van der Waals surface area contributed by atoms with E-state index in [1.54, 1.807) is 45.2 Å². The number of carbonyl (C=O) groups excluding carboxylic acids is 1. The fourth-order valence-electron chi connectivity index (χ4n) is 3.11. The molecule has 2 heterocycles. The molecule has 28 heavy (non-hydrogen) atoms. The van der Waals surface area contributed by atoms with Gasteiger partial charge in [0.1, 0.15) is 17.2 Å². The van der Waals surface area contributed by atoms with Crippen molar-refractivity contribution in [2.75, 3.05) is 0 Å². The van der Waals surface area contributed by atoms with Gasteiger partial charge in [0.2, 0.25) is 0 Å². The summed E-state index contributed by atoms with van der Waals surface area (Å²) >= 11 is 0. The van der Waals surface area contributed by atoms with Crippen molar-refractivity contribution in [3.05, 3.63) is 48.2 Å². The number of carbonyl (C=O) groups is 1. The Morgan fingerprint density at radius 2 is 2.00 bits per heavy atom. The lowest BCUT2D eigenvalue weighted by molar-refractivity contribution is 0.0521. The molecule has 0 aliphatic heterocycles. The molecule has 3 rings (SSSR count). The summed E-state index contributed by atoms with van der Waals surface area (Å²) in [4.78, 5) is 21.0. The van der Waals surface area contributed by atoms with Crippen LogP contribution in [-0.2, 0) is 11.3 Å². The minimum Gasteiger partial charge on any atom is -0.444 e. The minimum atomic E-state index is -0.586. The first-order valence-electron chi connectivity index (χ1n) is 9.25. The van der Waals surface area contributed by atoms with Gasteiger partial charge in [-0.15, -0.1) is 0 Å². The summed E-state index contributed by atoms with van der Waals surface area (Å²) in [6.07, 6.45) is 1.11. The van der Waals surface area contributed by atoms with Crippen LogP contribution in [0.3, 0.4) is 0 Å². The van der Waals surface area contributed by atoms with Gasteiger partial charge >= 0.3 is 6.09 Å². The molecule has 0 radical (unpaired) electrons. The average Bonchev–Trinajstić information content (AvgIpc) is 2.98. The fraction of sp³-hybridized carbons (Fsp3) is 0.381. The Bertz CT molecular complexity index is 991. The molecule has 2 aromatic heterocycles. The van der Waals surface area contributed by atoms with Crippen molar-refractivity contribution in [2.24, 2.45) is 0 Å². The Hall–Kier alpha value is -2.96. The lowest BCUT2D eigenvalue weighted by Gasteiger charge is -2.20. The highest BCUT2D eigenvalue weighted by atomic mass is 19.1. The largest absolute Gasteiger partial charge is 0.444 e. The van der Waals surface area contributed by atoms with E-state index in [1.807, 2.05) is 24.5 Å². The van der Waals surface area contributed by atoms with Gasteiger partial charge in [-0.05, 0) is 58.9 Å². The van der Waals surface area contributed by atoms with E-state index in [2.05, 4.69) is 15.3 Å². The molecule has 0 bridgehead atoms. The highest BCUT2D eigenvalue weighted by Crippen LogP contribution is 2.33. The minimum absolute atomic E-state index is 0.00435. The van der Waals surface area contributed by atoms with Gasteiger partial charge in [-0.25, -0.2) is 14.2 Å². The second-order valence-electron chi connectivity index (χ2n) is 7.85. The van der Waals surface area contributed by atoms with Crippen LogP contribution in [-0.4, -0.2) is 26.2 Å². The summed E-state index contributed by atoms with van der Waals surface area (Å²) in [5.41, 5.74) is 1.67. The van der Waals surface area contributed by atoms with Crippen molar-refractivity contribution >= 4 is 17.1 Å². The van der Waals surface area contributed by atoms with E-state index in [9.17, 15) is 9.18 Å². The van der Waals surface area contributed by atoms with E-state index < -0.39 is 11.7 Å². The van der Waals surface area contributed by atoms with E-state index in [0.29, 0.717) is 28.1 Å². The Morgan fingerprint density at radius 3 is 2.61 bits per heavy atom. The van der Waals surface area contributed by atoms with Gasteiger partial charge in [0.25, 0.3) is 0 Å². The predicted octanol–water partition coefficient (Wildman–Crippen LogP) is 4.84. The first-order valence-corrected chi connectivity index (χ1v) is 9.25. The number of amides is 1. The van der Waals surface area contributed by atoms with E-state index in [1.165, 1.54) is 6.07 Å². The predicted molar refractivity (Wildman–Crippen MR) is 106 cm³/mol. The molecule has 0 aliphatic rings. The van der Waals surface area contributed by atoms with Crippen molar-refractivity contribution in [1.29, 1.82) is 0 Å². The molecule has 0 unspecified atom stereocenters. The van der Waals surface area contributed by atoms with Crippen LogP contribution in [0, 0.1) is 5.82 Å². The number of benzene rings is 1. The third kappa shape index (κ3) is 4.13. The maximum absolute atomic E-state index is 14.8. The Labute approximate surface area is 163 Å². The summed E-state index contributed by atoms with van der Waals surface area (Å²) in [6.45, 7) is 9.56. The van der Waals surface area contributed by atoms with Gasteiger partial charge in [-0.1, -0.05) is 6.07 Å². The van der Waals surface area contributed by atoms with Crippen molar-refractivity contribution in [1.82, 2.24) is 19.9 Å². The summed E-state index contributed by atoms with van der Waals surface area (Å²) in [6, 6.07) is 8.43. The zero-order chi connectivity index (χ0) is 20.5. The normalized spacial score (nSPS) is 11.8. The van der Waals surface area contributed by atoms with Crippen LogP contribution < -0.4 is 5.32 Å². The molecule has 0 saturated carbocycles. The molecule has 0 fully saturated rings. The Morgan fingerprint density at radius 1 is 1.25 bits per heavy atom. The average molecular weight is 384 g/mol. The van der Waals surface area contributed by atoms with Crippen LogP contribution in [0.5, 0.6) is 0 Å². The van der Waals surface area contributed by atoms with E-state index in [-0.39, 0.29) is 18.4 Å². The maximum atomic E-state index is 14.8. The molecular weight excluding hydrogens is 359 g/mol. The number of aromatic nitrogens is 3. The summed E-state index contributed by atoms with van der Waals surface area (Å²) < 4.78 is 22.0. The highest BCUT2D eigenvalue weighted by Gasteiger charge is 2.22. The van der Waals surface area contributed by atoms with Crippen LogP contribution in [0.25, 0.3) is 22.3 Å². The summed E-state index contributed by atoms with van der Waals surface area (Å²) in [5, 5.41) is 2.73. The topological polar surface area (TPSA) is 69.0 Å². The monoisotopic (exact) mass is 384 g/mol. The molecule has 1 aromatic carbocycles. The molecule has 6 nitrogen and oxygen atoms in total. The molecule has 7 heteroatoms. The quantitative estimate of drug-likeness (QED) is 0.699. The second kappa shape index (κ2) is 7.58. The number of alkyl carbamates (subject to hydrolysis) is 1. The summed E-state index contributed by atoms with van der Waals surface area (Å²) in [5.74, 6) is 0.262. The molecule has 148 valence electrons. The van der Waals surface area contributed by atoms with Crippen molar-refractivity contribution in [3.63, 3.8) is 0 Å². The number of hydrogen-bond acceptors (Lipinski definition) is 4. The molecule has 1 amide bonds. The maximum Gasteiger partial charge on any atom is 0.408 e. The SMILES string of the molecule is CC(C)n1c(CNC(=O)OC(C)(C)C)nc2ccc(F)c(-c3ccccn3)c21. The molecule has 1 N–H and O–H groups in total. The van der Waals surface area contributed by atoms with E-state index >= 15 is 0 Å². The van der Waals surface area contributed by atoms with Crippen LogP contribution >= 0.6 is 0 Å². The van der Waals surface area contributed by atoms with Gasteiger partial charge < -0.3 is 14.6 Å². The molecule has 0 spiro atoms. The summed E-state index contributed by atoms with van der Waals surface area (Å²) in [7, 11) is 0. The number of nitrogens with zero attached hydrogens (tertiary/aromatic N) is 3. The fourth-order valence-corrected chi connectivity index (χ4v) is 3.11. The van der Waals surface area contributed by atoms with Gasteiger partial charge in [-0.2, -0.15) is 0 Å². The number of nitrogens with one attached hydrogen (secondary N) is 1. The molecule has 3 aromatic rings. The highest BCUT2D eigenvalue weighted by molar-refractivity contribution is 5.92. The van der Waals surface area contributed by atoms with Gasteiger partial charge in [0.15, 0.2) is 0 Å². The molecule has 0 aliphatic carbocycles. The van der Waals surface area contributed by atoms with Crippen molar-refractivity contribution < 1.29 is 13.9 Å². The second-order valence-corrected chi connectivity index (χ2v) is 7.85. The van der Waals surface area contributed by atoms with Crippen molar-refractivity contribution in [3.8, 4) is 11.3 Å². The Kier molecular flexibility index (Phi) is 5.36. The van der Waals surface area contributed by atoms with Crippen molar-refractivity contribution in [2.45, 2.75) is 52.8 Å². The van der Waals surface area contributed by atoms with Crippen LogP contribution in [0.15, 0.2) is 36.5 Å². The van der Waals surface area contributed by atoms with Gasteiger partial charge in [-0.3, -0.25) is 4.98 Å². The van der Waals surface area contributed by atoms with Gasteiger partial charge in [0, 0.05) is 12.2 Å². The lowest BCUT2D eigenvalue weighted by atomic mass is 10.1. The number of pyridine rings is 1. The number of hydrogen-bond donors (Lipinski definition) is 1. The number of rotatable bonds is 4. The number of halogens is 1. The van der Waals surface area contributed by atoms with Crippen LogP contribution in [0.2, 0.25) is 0 Å². The third-order valence-corrected chi connectivity index (χ3v) is 4.10. The zero-order valence-corrected chi connectivity index (χ0v) is 16.8. The smallest absolute Gasteiger partial charge is 0.408 e. The molecule has 0 saturated heterocycles. The van der Waals surface area contributed by atoms with Crippen LogP contribution in [0.4, 0.5) is 9.18 Å². The molecule has 0 atom stereocenters. The standard InChI is InChI=1S/C21H25FN4O2/c1-13(2)26-17(12-24-20(27)28-21(3,4)5)25-16-10-9-14(22)18(19(16)26)15-8-6-7-11-23-15/h6-11,13H,12H2,1-5H3,(H,24,27).